The van der Waals surface area contributed by atoms with Crippen molar-refractivity contribution in [1.82, 2.24) is 9.36 Å². The van der Waals surface area contributed by atoms with Crippen LogP contribution in [0.3, 0.4) is 0 Å². The van der Waals surface area contributed by atoms with E-state index in [0.717, 1.165) is 22.5 Å². The number of thioether (sulfide) groups is 1. The average Bonchev–Trinajstić information content (AvgIpc) is 3.31. The molecule has 1 atom stereocenters. The van der Waals surface area contributed by atoms with Crippen LogP contribution in [0.1, 0.15) is 26.5 Å². The Balaban J connectivity index is 1.68. The number of benzene rings is 2. The number of ether oxygens (including phenoxy) is 1. The van der Waals surface area contributed by atoms with Crippen molar-refractivity contribution in [3.63, 3.8) is 0 Å². The molecule has 0 spiro atoms. The second kappa shape index (κ2) is 7.57. The van der Waals surface area contributed by atoms with Crippen molar-refractivity contribution in [3.05, 3.63) is 69.0 Å². The first-order valence-electron chi connectivity index (χ1n) is 10.6. The van der Waals surface area contributed by atoms with Gasteiger partial charge in [-0.15, -0.1) is 10.2 Å². The van der Waals surface area contributed by atoms with Crippen LogP contribution in [0.5, 0.6) is 0 Å². The summed E-state index contributed by atoms with van der Waals surface area (Å²) in [5.41, 5.74) is 2.21. The molecule has 0 radical (unpaired) electrons. The molecule has 8 nitrogen and oxygen atoms in total. The molecule has 2 aliphatic heterocycles. The second-order valence-electron chi connectivity index (χ2n) is 8.00. The van der Waals surface area contributed by atoms with Gasteiger partial charge in [-0.25, -0.2) is 14.2 Å². The van der Waals surface area contributed by atoms with Gasteiger partial charge in [0.1, 0.15) is 10.5 Å². The van der Waals surface area contributed by atoms with Crippen LogP contribution in [0.4, 0.5) is 11.4 Å². The molecule has 0 saturated carbocycles. The fourth-order valence-corrected chi connectivity index (χ4v) is 5.54. The molecule has 0 amide bonds. The lowest BCUT2D eigenvalue weighted by molar-refractivity contribution is -0.139. The third-order valence-corrected chi connectivity index (χ3v) is 7.13. The Morgan fingerprint density at radius 2 is 1.85 bits per heavy atom. The third-order valence-electron chi connectivity index (χ3n) is 5.83. The van der Waals surface area contributed by atoms with Crippen molar-refractivity contribution in [2.24, 2.45) is 10.2 Å². The van der Waals surface area contributed by atoms with Crippen molar-refractivity contribution in [1.29, 1.82) is 0 Å². The van der Waals surface area contributed by atoms with Crippen molar-refractivity contribution in [2.45, 2.75) is 32.6 Å². The SMILES string of the molecule is CCOC(=O)C1=C2C(=C(C)n3c(=O)c(N=Nc4cccc5ccccc45)c(C)n32)SC1(C)O. The second-order valence-corrected chi connectivity index (χ2v) is 9.41. The molecular weight excluding hydrogens is 440 g/mol. The molecule has 3 heterocycles. The quantitative estimate of drug-likeness (QED) is 0.437. The number of azo groups is 1. The largest absolute Gasteiger partial charge is 0.462 e. The first-order chi connectivity index (χ1) is 15.8. The zero-order valence-corrected chi connectivity index (χ0v) is 19.4. The highest BCUT2D eigenvalue weighted by Gasteiger charge is 2.49. The van der Waals surface area contributed by atoms with E-state index >= 15 is 0 Å². The van der Waals surface area contributed by atoms with Crippen LogP contribution in [0.2, 0.25) is 0 Å². The Hall–Kier alpha value is -3.43. The number of fused-ring (bicyclic) bond motifs is 4. The van der Waals surface area contributed by atoms with Crippen molar-refractivity contribution in [3.8, 4) is 0 Å². The van der Waals surface area contributed by atoms with E-state index in [4.69, 9.17) is 4.74 Å². The van der Waals surface area contributed by atoms with Gasteiger partial charge in [-0.05, 0) is 39.1 Å². The Kier molecular flexibility index (Phi) is 4.91. The lowest BCUT2D eigenvalue weighted by Gasteiger charge is -2.19. The Bertz CT molecular complexity index is 1480. The Labute approximate surface area is 193 Å². The highest BCUT2D eigenvalue weighted by Crippen LogP contribution is 2.55. The van der Waals surface area contributed by atoms with Crippen LogP contribution < -0.4 is 5.56 Å². The molecule has 1 N–H and O–H groups in total. The molecular formula is C24H22N4O4S. The van der Waals surface area contributed by atoms with Gasteiger partial charge >= 0.3 is 5.97 Å². The summed E-state index contributed by atoms with van der Waals surface area (Å²) in [5, 5.41) is 21.6. The summed E-state index contributed by atoms with van der Waals surface area (Å²) in [7, 11) is 0. The lowest BCUT2D eigenvalue weighted by atomic mass is 10.1. The topological polar surface area (TPSA) is 98.2 Å². The summed E-state index contributed by atoms with van der Waals surface area (Å²) in [6.07, 6.45) is 0. The predicted molar refractivity (Wildman–Crippen MR) is 129 cm³/mol. The molecule has 0 fully saturated rings. The number of hydrogen-bond acceptors (Lipinski definition) is 7. The maximum Gasteiger partial charge on any atom is 0.340 e. The average molecular weight is 463 g/mol. The summed E-state index contributed by atoms with van der Waals surface area (Å²) in [4.78, 5) is 25.3. The van der Waals surface area contributed by atoms with E-state index in [1.54, 1.807) is 32.4 Å². The molecule has 2 aliphatic rings. The van der Waals surface area contributed by atoms with Gasteiger partial charge in [-0.2, -0.15) is 0 Å². The van der Waals surface area contributed by atoms with E-state index < -0.39 is 10.9 Å². The molecule has 33 heavy (non-hydrogen) atoms. The first kappa shape index (κ1) is 21.4. The molecule has 1 aromatic heterocycles. The minimum absolute atomic E-state index is 0.116. The number of allylic oxidation sites excluding steroid dienone is 2. The monoisotopic (exact) mass is 462 g/mol. The lowest BCUT2D eigenvalue weighted by Crippen LogP contribution is -2.28. The summed E-state index contributed by atoms with van der Waals surface area (Å²) in [5.74, 6) is -0.610. The van der Waals surface area contributed by atoms with Gasteiger partial charge in [-0.3, -0.25) is 4.79 Å². The molecule has 2 aromatic carbocycles. The smallest absolute Gasteiger partial charge is 0.340 e. The normalized spacial score (nSPS) is 19.7. The molecule has 1 unspecified atom stereocenters. The van der Waals surface area contributed by atoms with Crippen molar-refractivity contribution < 1.29 is 14.6 Å². The number of nitrogens with zero attached hydrogens (tertiary/aromatic N) is 4. The van der Waals surface area contributed by atoms with Crippen LogP contribution in [0.15, 0.2) is 68.0 Å². The highest BCUT2D eigenvalue weighted by molar-refractivity contribution is 8.05. The number of esters is 1. The summed E-state index contributed by atoms with van der Waals surface area (Å²) < 4.78 is 8.31. The molecule has 0 aliphatic carbocycles. The minimum Gasteiger partial charge on any atom is -0.462 e. The zero-order chi connectivity index (χ0) is 23.5. The number of aliphatic hydroxyl groups is 1. The highest BCUT2D eigenvalue weighted by atomic mass is 32.2. The van der Waals surface area contributed by atoms with Gasteiger partial charge in [0.2, 0.25) is 0 Å². The fourth-order valence-electron chi connectivity index (χ4n) is 4.34. The number of rotatable bonds is 4. The van der Waals surface area contributed by atoms with Crippen LogP contribution in [0.25, 0.3) is 22.2 Å². The van der Waals surface area contributed by atoms with Crippen LogP contribution >= 0.6 is 11.8 Å². The van der Waals surface area contributed by atoms with E-state index in [0.29, 0.717) is 27.7 Å². The maximum atomic E-state index is 13.3. The Morgan fingerprint density at radius 1 is 1.12 bits per heavy atom. The maximum absolute atomic E-state index is 13.3. The van der Waals surface area contributed by atoms with E-state index in [2.05, 4.69) is 10.2 Å². The summed E-state index contributed by atoms with van der Waals surface area (Å²) in [6, 6.07) is 13.6. The van der Waals surface area contributed by atoms with Gasteiger partial charge in [0, 0.05) is 5.39 Å². The third kappa shape index (κ3) is 3.11. The molecule has 0 bridgehead atoms. The number of carbonyl (C=O) groups is 1. The van der Waals surface area contributed by atoms with Crippen LogP contribution in [-0.2, 0) is 9.53 Å². The standard InChI is InChI=1S/C24H22N4O4S/c1-5-32-23(30)18-20-21(33-24(18,4)31)14(3)28-22(29)19(13(2)27(20)28)26-25-17-12-8-10-15-9-6-7-11-16(15)17/h6-12,31H,5H2,1-4H3. The van der Waals surface area contributed by atoms with Gasteiger partial charge in [0.15, 0.2) is 5.69 Å². The van der Waals surface area contributed by atoms with E-state index in [9.17, 15) is 14.7 Å². The number of carbonyl (C=O) groups excluding carboxylic acids is 1. The van der Waals surface area contributed by atoms with E-state index in [-0.39, 0.29) is 23.4 Å². The molecule has 5 rings (SSSR count). The van der Waals surface area contributed by atoms with Gasteiger partial charge < -0.3 is 9.84 Å². The molecule has 168 valence electrons. The van der Waals surface area contributed by atoms with Crippen LogP contribution in [0, 0.1) is 6.92 Å². The first-order valence-corrected chi connectivity index (χ1v) is 11.4. The predicted octanol–water partition coefficient (Wildman–Crippen LogP) is 4.96. The molecule has 9 heteroatoms. The van der Waals surface area contributed by atoms with Crippen molar-refractivity contribution in [2.75, 3.05) is 6.61 Å². The number of hydrogen-bond donors (Lipinski definition) is 1. The van der Waals surface area contributed by atoms with Gasteiger partial charge in [0.25, 0.3) is 5.56 Å². The molecule has 3 aromatic rings. The van der Waals surface area contributed by atoms with Gasteiger partial charge in [0.05, 0.1) is 34.3 Å². The fraction of sp³-hybridized carbons (Fsp3) is 0.250. The van der Waals surface area contributed by atoms with Crippen molar-refractivity contribution >= 4 is 51.3 Å². The summed E-state index contributed by atoms with van der Waals surface area (Å²) >= 11 is 1.13. The van der Waals surface area contributed by atoms with E-state index in [1.807, 2.05) is 42.5 Å². The zero-order valence-electron chi connectivity index (χ0n) is 18.6. The van der Waals surface area contributed by atoms with E-state index in [1.165, 1.54) is 4.68 Å². The minimum atomic E-state index is -1.47. The van der Waals surface area contributed by atoms with Crippen LogP contribution in [-0.4, -0.2) is 32.0 Å². The molecule has 0 saturated heterocycles. The number of aromatic nitrogens is 2. The van der Waals surface area contributed by atoms with Gasteiger partial charge in [-0.1, -0.05) is 48.2 Å². The summed E-state index contributed by atoms with van der Waals surface area (Å²) in [6.45, 7) is 6.97. The Morgan fingerprint density at radius 3 is 2.61 bits per heavy atom.